The van der Waals surface area contributed by atoms with Crippen molar-refractivity contribution in [2.75, 3.05) is 0 Å². The molecule has 31 heavy (non-hydrogen) atoms. The molecule has 6 heteroatoms. The summed E-state index contributed by atoms with van der Waals surface area (Å²) in [5.41, 5.74) is 4.67. The Bertz CT molecular complexity index is 1170. The third-order valence-electron chi connectivity index (χ3n) is 4.94. The molecule has 0 unspecified atom stereocenters. The summed E-state index contributed by atoms with van der Waals surface area (Å²) in [6, 6.07) is 18.8. The summed E-state index contributed by atoms with van der Waals surface area (Å²) in [6.45, 7) is 0. The van der Waals surface area contributed by atoms with Crippen molar-refractivity contribution < 1.29 is 13.9 Å². The summed E-state index contributed by atoms with van der Waals surface area (Å²) < 4.78 is 17.2. The summed E-state index contributed by atoms with van der Waals surface area (Å²) in [4.78, 5) is 0. The Morgan fingerprint density at radius 2 is 1.68 bits per heavy atom. The van der Waals surface area contributed by atoms with Crippen molar-refractivity contribution in [3.05, 3.63) is 108 Å². The van der Waals surface area contributed by atoms with E-state index in [9.17, 15) is 0 Å². The third-order valence-corrected chi connectivity index (χ3v) is 5.83. The molecule has 3 aromatic rings. The highest BCUT2D eigenvalue weighted by molar-refractivity contribution is 7.98. The summed E-state index contributed by atoms with van der Waals surface area (Å²) in [5.74, 6) is 2.13. The second-order valence-corrected chi connectivity index (χ2v) is 8.01. The topological polar surface area (TPSA) is 57.4 Å². The van der Waals surface area contributed by atoms with Gasteiger partial charge in [0.05, 0.1) is 0 Å². The number of aromatic nitrogens is 2. The third kappa shape index (κ3) is 4.64. The predicted octanol–water partition coefficient (Wildman–Crippen LogP) is 6.49. The van der Waals surface area contributed by atoms with Crippen molar-refractivity contribution in [1.82, 2.24) is 10.2 Å². The molecule has 5 rings (SSSR count). The van der Waals surface area contributed by atoms with Gasteiger partial charge in [0.2, 0.25) is 5.76 Å². The van der Waals surface area contributed by atoms with Crippen molar-refractivity contribution in [2.45, 2.75) is 23.8 Å². The SMILES string of the molecule is C1=CCCC(C2=COC=C(c3nnc(SCc4ccc(-c5ccccc5)cc4)o3)O2)=C1. The minimum atomic E-state index is 0.305. The van der Waals surface area contributed by atoms with Crippen LogP contribution in [0.3, 0.4) is 0 Å². The molecule has 154 valence electrons. The molecule has 1 aliphatic heterocycles. The molecule has 0 fully saturated rings. The molecule has 0 bridgehead atoms. The first-order chi connectivity index (χ1) is 15.3. The normalized spacial score (nSPS) is 15.4. The van der Waals surface area contributed by atoms with Crippen LogP contribution < -0.4 is 0 Å². The molecule has 0 saturated carbocycles. The van der Waals surface area contributed by atoms with Crippen LogP contribution in [0.25, 0.3) is 16.9 Å². The van der Waals surface area contributed by atoms with Crippen LogP contribution in [0.15, 0.2) is 106 Å². The first-order valence-corrected chi connectivity index (χ1v) is 11.0. The first kappa shape index (κ1) is 19.5. The molecular weight excluding hydrogens is 408 g/mol. The van der Waals surface area contributed by atoms with E-state index >= 15 is 0 Å². The van der Waals surface area contributed by atoms with E-state index in [0.29, 0.717) is 22.6 Å². The van der Waals surface area contributed by atoms with Gasteiger partial charge in [-0.3, -0.25) is 0 Å². The zero-order valence-electron chi connectivity index (χ0n) is 16.7. The molecule has 1 aliphatic carbocycles. The van der Waals surface area contributed by atoms with Crippen molar-refractivity contribution in [1.29, 1.82) is 0 Å². The Kier molecular flexibility index (Phi) is 5.71. The van der Waals surface area contributed by atoms with Gasteiger partial charge in [-0.15, -0.1) is 10.2 Å². The number of nitrogens with zero attached hydrogens (tertiary/aromatic N) is 2. The number of benzene rings is 2. The maximum atomic E-state index is 5.93. The van der Waals surface area contributed by atoms with Gasteiger partial charge in [0, 0.05) is 5.75 Å². The standard InChI is InChI=1S/C25H20N2O3S/c1-3-7-19(8-4-1)20-13-11-18(12-14-20)17-31-25-27-26-24(30-25)23-16-28-15-22(29-23)21-9-5-2-6-10-21/h1-5,7-9,11-16H,6,10,17H2. The fourth-order valence-corrected chi connectivity index (χ4v) is 4.02. The van der Waals surface area contributed by atoms with Crippen LogP contribution in [0.1, 0.15) is 24.3 Å². The van der Waals surface area contributed by atoms with Crippen LogP contribution in [0, 0.1) is 0 Å². The lowest BCUT2D eigenvalue weighted by Gasteiger charge is -2.17. The number of ether oxygens (including phenoxy) is 2. The Labute approximate surface area is 184 Å². The van der Waals surface area contributed by atoms with Crippen LogP contribution in [0.4, 0.5) is 0 Å². The number of allylic oxidation sites excluding steroid dienone is 4. The minimum Gasteiger partial charge on any atom is -0.465 e. The van der Waals surface area contributed by atoms with Gasteiger partial charge in [0.1, 0.15) is 12.5 Å². The zero-order chi connectivity index (χ0) is 20.9. The molecule has 1 aromatic heterocycles. The van der Waals surface area contributed by atoms with Crippen LogP contribution in [0.5, 0.6) is 0 Å². The molecule has 2 aromatic carbocycles. The lowest BCUT2D eigenvalue weighted by Crippen LogP contribution is -2.03. The van der Waals surface area contributed by atoms with E-state index in [1.165, 1.54) is 34.7 Å². The van der Waals surface area contributed by atoms with Gasteiger partial charge in [-0.05, 0) is 35.1 Å². The summed E-state index contributed by atoms with van der Waals surface area (Å²) in [7, 11) is 0. The summed E-state index contributed by atoms with van der Waals surface area (Å²) in [5, 5.41) is 8.74. The van der Waals surface area contributed by atoms with Gasteiger partial charge in [0.25, 0.3) is 11.1 Å². The minimum absolute atomic E-state index is 0.305. The molecule has 0 radical (unpaired) electrons. The maximum absolute atomic E-state index is 5.93. The summed E-state index contributed by atoms with van der Waals surface area (Å²) >= 11 is 1.49. The van der Waals surface area contributed by atoms with Gasteiger partial charge < -0.3 is 13.9 Å². The monoisotopic (exact) mass is 428 g/mol. The van der Waals surface area contributed by atoms with Gasteiger partial charge in [-0.1, -0.05) is 84.6 Å². The molecule has 2 heterocycles. The Morgan fingerprint density at radius 1 is 0.871 bits per heavy atom. The molecule has 0 amide bonds. The van der Waals surface area contributed by atoms with Crippen LogP contribution >= 0.6 is 11.8 Å². The van der Waals surface area contributed by atoms with Gasteiger partial charge in [-0.25, -0.2) is 0 Å². The highest BCUT2D eigenvalue weighted by Gasteiger charge is 2.21. The molecule has 2 aliphatic rings. The molecule has 0 atom stereocenters. The van der Waals surface area contributed by atoms with Crippen molar-refractivity contribution in [2.24, 2.45) is 0 Å². The van der Waals surface area contributed by atoms with E-state index in [-0.39, 0.29) is 0 Å². The van der Waals surface area contributed by atoms with Gasteiger partial charge in [0.15, 0.2) is 5.76 Å². The van der Waals surface area contributed by atoms with E-state index in [0.717, 1.165) is 24.2 Å². The second kappa shape index (κ2) is 9.10. The van der Waals surface area contributed by atoms with E-state index in [1.54, 1.807) is 6.26 Å². The first-order valence-electron chi connectivity index (χ1n) is 10.1. The van der Waals surface area contributed by atoms with Gasteiger partial charge >= 0.3 is 0 Å². The van der Waals surface area contributed by atoms with Crippen LogP contribution in [-0.4, -0.2) is 10.2 Å². The fourth-order valence-electron chi connectivity index (χ4n) is 3.30. The average molecular weight is 429 g/mol. The van der Waals surface area contributed by atoms with E-state index in [4.69, 9.17) is 13.9 Å². The van der Waals surface area contributed by atoms with Crippen molar-refractivity contribution in [3.63, 3.8) is 0 Å². The predicted molar refractivity (Wildman–Crippen MR) is 120 cm³/mol. The number of hydrogen-bond donors (Lipinski definition) is 0. The highest BCUT2D eigenvalue weighted by Crippen LogP contribution is 2.31. The van der Waals surface area contributed by atoms with E-state index < -0.39 is 0 Å². The Morgan fingerprint density at radius 3 is 2.48 bits per heavy atom. The number of rotatable bonds is 6. The van der Waals surface area contributed by atoms with Crippen molar-refractivity contribution in [3.8, 4) is 11.1 Å². The number of hydrogen-bond acceptors (Lipinski definition) is 6. The summed E-state index contributed by atoms with van der Waals surface area (Å²) in [6.07, 6.45) is 11.1. The highest BCUT2D eigenvalue weighted by atomic mass is 32.2. The van der Waals surface area contributed by atoms with E-state index in [2.05, 4.69) is 52.7 Å². The van der Waals surface area contributed by atoms with Crippen molar-refractivity contribution >= 4 is 17.5 Å². The van der Waals surface area contributed by atoms with Crippen LogP contribution in [0.2, 0.25) is 0 Å². The smallest absolute Gasteiger partial charge is 0.287 e. The molecular formula is C25H20N2O3S. The average Bonchev–Trinajstić information content (AvgIpc) is 3.34. The molecule has 0 N–H and O–H groups in total. The number of thioether (sulfide) groups is 1. The zero-order valence-corrected chi connectivity index (χ0v) is 17.5. The lowest BCUT2D eigenvalue weighted by atomic mass is 10.0. The molecule has 0 saturated heterocycles. The lowest BCUT2D eigenvalue weighted by molar-refractivity contribution is 0.271. The fraction of sp³-hybridized carbons (Fsp3) is 0.120. The van der Waals surface area contributed by atoms with Crippen LogP contribution in [-0.2, 0) is 15.2 Å². The Hall–Kier alpha value is -3.51. The quantitative estimate of drug-likeness (QED) is 0.418. The second-order valence-electron chi connectivity index (χ2n) is 7.09. The van der Waals surface area contributed by atoms with Gasteiger partial charge in [-0.2, -0.15) is 0 Å². The Balaban J connectivity index is 1.20. The van der Waals surface area contributed by atoms with E-state index in [1.807, 2.05) is 30.4 Å². The maximum Gasteiger partial charge on any atom is 0.287 e. The largest absolute Gasteiger partial charge is 0.465 e. The molecule has 5 nitrogen and oxygen atoms in total. The molecule has 0 spiro atoms.